The second-order valence-electron chi connectivity index (χ2n) is 5.33. The van der Waals surface area contributed by atoms with E-state index in [1.54, 1.807) is 30.4 Å². The van der Waals surface area contributed by atoms with E-state index in [0.717, 1.165) is 12.8 Å². The highest BCUT2D eigenvalue weighted by Crippen LogP contribution is 2.18. The van der Waals surface area contributed by atoms with Crippen LogP contribution < -0.4 is 5.32 Å². The largest absolute Gasteiger partial charge is 0.389 e. The fraction of sp³-hybridized carbons (Fsp3) is 0.333. The average Bonchev–Trinajstić information content (AvgIpc) is 2.61. The van der Waals surface area contributed by atoms with Gasteiger partial charge in [-0.1, -0.05) is 30.7 Å². The number of benzene rings is 1. The van der Waals surface area contributed by atoms with Crippen molar-refractivity contribution in [3.63, 3.8) is 0 Å². The summed E-state index contributed by atoms with van der Waals surface area (Å²) in [5, 5.41) is 22.2. The van der Waals surface area contributed by atoms with Crippen LogP contribution in [0.3, 0.4) is 0 Å². The second-order valence-corrected chi connectivity index (χ2v) is 5.33. The molecule has 25 heavy (non-hydrogen) atoms. The van der Waals surface area contributed by atoms with Gasteiger partial charge in [-0.05, 0) is 25.0 Å². The van der Waals surface area contributed by atoms with Crippen molar-refractivity contribution in [3.05, 3.63) is 58.2 Å². The lowest BCUT2D eigenvalue weighted by Crippen LogP contribution is -2.22. The molecule has 0 saturated heterocycles. The molecule has 1 aromatic rings. The standard InChI is InChI=1S/C18H22N2O5/c21-14-16(22)10-2-1-7-13-19-18(23)12-6-4-9-15-8-3-5-11-17(15)20(24)25/h3-6,8-9,11-12,21H,1-2,7,10,13-14H2,(H,19,23)/b9-4+,12-6+. The van der Waals surface area contributed by atoms with Gasteiger partial charge < -0.3 is 10.4 Å². The van der Waals surface area contributed by atoms with E-state index in [0.29, 0.717) is 24.9 Å². The number of aliphatic hydroxyl groups excluding tert-OH is 1. The zero-order valence-corrected chi connectivity index (χ0v) is 13.9. The normalized spacial score (nSPS) is 11.1. The van der Waals surface area contributed by atoms with Crippen molar-refractivity contribution in [1.29, 1.82) is 0 Å². The first-order valence-corrected chi connectivity index (χ1v) is 8.03. The summed E-state index contributed by atoms with van der Waals surface area (Å²) in [6.07, 6.45) is 8.62. The Hall–Kier alpha value is -2.80. The van der Waals surface area contributed by atoms with Crippen LogP contribution in [-0.4, -0.2) is 34.9 Å². The highest BCUT2D eigenvalue weighted by atomic mass is 16.6. The number of ketones is 1. The van der Waals surface area contributed by atoms with Crippen molar-refractivity contribution in [2.75, 3.05) is 13.2 Å². The molecule has 0 atom stereocenters. The summed E-state index contributed by atoms with van der Waals surface area (Å²) >= 11 is 0. The van der Waals surface area contributed by atoms with Crippen LogP contribution in [-0.2, 0) is 9.59 Å². The molecule has 0 aliphatic carbocycles. The maximum atomic E-state index is 11.6. The highest BCUT2D eigenvalue weighted by Gasteiger charge is 2.08. The first-order valence-electron chi connectivity index (χ1n) is 8.03. The third-order valence-corrected chi connectivity index (χ3v) is 3.38. The molecule has 0 heterocycles. The first kappa shape index (κ1) is 20.2. The lowest BCUT2D eigenvalue weighted by Gasteiger charge is -2.01. The van der Waals surface area contributed by atoms with Gasteiger partial charge in [0.1, 0.15) is 6.61 Å². The number of Topliss-reactive ketones (excluding diaryl/α,β-unsaturated/α-hetero) is 1. The molecule has 0 fully saturated rings. The van der Waals surface area contributed by atoms with E-state index < -0.39 is 11.5 Å². The molecule has 0 spiro atoms. The minimum absolute atomic E-state index is 0.0104. The summed E-state index contributed by atoms with van der Waals surface area (Å²) in [6.45, 7) is 0.0888. The molecule has 0 saturated carbocycles. The molecule has 0 radical (unpaired) electrons. The molecular formula is C18H22N2O5. The molecule has 134 valence electrons. The number of aliphatic hydroxyl groups is 1. The minimum atomic E-state index is -0.454. The molecular weight excluding hydrogens is 324 g/mol. The molecule has 0 aliphatic heterocycles. The Labute approximate surface area is 146 Å². The number of carbonyl (C=O) groups is 2. The number of unbranched alkanes of at least 4 members (excludes halogenated alkanes) is 2. The summed E-state index contributed by atoms with van der Waals surface area (Å²) in [5.41, 5.74) is 0.478. The number of amides is 1. The van der Waals surface area contributed by atoms with Gasteiger partial charge in [0.2, 0.25) is 5.91 Å². The van der Waals surface area contributed by atoms with Crippen molar-refractivity contribution in [2.45, 2.75) is 25.7 Å². The maximum absolute atomic E-state index is 11.6. The van der Waals surface area contributed by atoms with Gasteiger partial charge in [-0.2, -0.15) is 0 Å². The molecule has 2 N–H and O–H groups in total. The SMILES string of the molecule is O=C(CO)CCCCCNC(=O)/C=C/C=C/c1ccccc1[N+](=O)[O-]. The number of nitrogens with one attached hydrogen (secondary N) is 1. The van der Waals surface area contributed by atoms with E-state index in [4.69, 9.17) is 5.11 Å². The minimum Gasteiger partial charge on any atom is -0.389 e. The highest BCUT2D eigenvalue weighted by molar-refractivity contribution is 5.87. The molecule has 0 aliphatic rings. The lowest BCUT2D eigenvalue weighted by molar-refractivity contribution is -0.385. The Balaban J connectivity index is 2.29. The van der Waals surface area contributed by atoms with Gasteiger partial charge in [0, 0.05) is 25.1 Å². The predicted octanol–water partition coefficient (Wildman–Crippen LogP) is 2.40. The number of carbonyl (C=O) groups excluding carboxylic acids is 2. The molecule has 0 aromatic heterocycles. The Kier molecular flexibility index (Phi) is 9.47. The van der Waals surface area contributed by atoms with Gasteiger partial charge in [-0.15, -0.1) is 0 Å². The Morgan fingerprint density at radius 1 is 1.16 bits per heavy atom. The average molecular weight is 346 g/mol. The topological polar surface area (TPSA) is 110 Å². The fourth-order valence-electron chi connectivity index (χ4n) is 2.07. The van der Waals surface area contributed by atoms with Gasteiger partial charge in [0.05, 0.1) is 10.5 Å². The van der Waals surface area contributed by atoms with Crippen LogP contribution in [0.2, 0.25) is 0 Å². The first-order chi connectivity index (χ1) is 12.0. The van der Waals surface area contributed by atoms with Gasteiger partial charge in [-0.3, -0.25) is 19.7 Å². The molecule has 1 amide bonds. The van der Waals surface area contributed by atoms with E-state index in [-0.39, 0.29) is 17.4 Å². The Morgan fingerprint density at radius 3 is 2.64 bits per heavy atom. The van der Waals surface area contributed by atoms with Crippen molar-refractivity contribution < 1.29 is 19.6 Å². The van der Waals surface area contributed by atoms with Crippen LogP contribution in [0, 0.1) is 10.1 Å². The number of nitrogens with zero attached hydrogens (tertiary/aromatic N) is 1. The van der Waals surface area contributed by atoms with E-state index in [9.17, 15) is 19.7 Å². The number of nitro benzene ring substituents is 1. The summed E-state index contributed by atoms with van der Waals surface area (Å²) in [6, 6.07) is 6.35. The smallest absolute Gasteiger partial charge is 0.276 e. The van der Waals surface area contributed by atoms with E-state index in [1.165, 1.54) is 18.2 Å². The number of hydrogen-bond donors (Lipinski definition) is 2. The van der Waals surface area contributed by atoms with Crippen LogP contribution in [0.25, 0.3) is 6.08 Å². The summed E-state index contributed by atoms with van der Waals surface area (Å²) in [4.78, 5) is 32.9. The van der Waals surface area contributed by atoms with Crippen molar-refractivity contribution in [3.8, 4) is 0 Å². The second kappa shape index (κ2) is 11.7. The number of hydrogen-bond acceptors (Lipinski definition) is 5. The van der Waals surface area contributed by atoms with Gasteiger partial charge in [-0.25, -0.2) is 0 Å². The number of para-hydroxylation sites is 1. The molecule has 1 aromatic carbocycles. The summed E-state index contributed by atoms with van der Waals surface area (Å²) in [5.74, 6) is -0.420. The summed E-state index contributed by atoms with van der Waals surface area (Å²) in [7, 11) is 0. The maximum Gasteiger partial charge on any atom is 0.276 e. The molecule has 0 bridgehead atoms. The quantitative estimate of drug-likeness (QED) is 0.210. The third-order valence-electron chi connectivity index (χ3n) is 3.38. The number of allylic oxidation sites excluding steroid dienone is 2. The number of rotatable bonds is 11. The van der Waals surface area contributed by atoms with Crippen LogP contribution >= 0.6 is 0 Å². The summed E-state index contributed by atoms with van der Waals surface area (Å²) < 4.78 is 0. The Bertz CT molecular complexity index is 653. The van der Waals surface area contributed by atoms with Crippen LogP contribution in [0.5, 0.6) is 0 Å². The molecule has 1 rings (SSSR count). The van der Waals surface area contributed by atoms with E-state index >= 15 is 0 Å². The van der Waals surface area contributed by atoms with Crippen LogP contribution in [0.15, 0.2) is 42.5 Å². The van der Waals surface area contributed by atoms with Crippen LogP contribution in [0.4, 0.5) is 5.69 Å². The number of nitro groups is 1. The van der Waals surface area contributed by atoms with Gasteiger partial charge >= 0.3 is 0 Å². The molecule has 7 heteroatoms. The van der Waals surface area contributed by atoms with Crippen LogP contribution in [0.1, 0.15) is 31.2 Å². The lowest BCUT2D eigenvalue weighted by atomic mass is 10.1. The van der Waals surface area contributed by atoms with Gasteiger partial charge in [0.15, 0.2) is 5.78 Å². The molecule has 0 unspecified atom stereocenters. The van der Waals surface area contributed by atoms with Crippen molar-refractivity contribution in [2.24, 2.45) is 0 Å². The fourth-order valence-corrected chi connectivity index (χ4v) is 2.07. The van der Waals surface area contributed by atoms with Crippen molar-refractivity contribution in [1.82, 2.24) is 5.32 Å². The van der Waals surface area contributed by atoms with Crippen molar-refractivity contribution >= 4 is 23.5 Å². The predicted molar refractivity (Wildman–Crippen MR) is 94.8 cm³/mol. The monoisotopic (exact) mass is 346 g/mol. The van der Waals surface area contributed by atoms with Gasteiger partial charge in [0.25, 0.3) is 5.69 Å². The zero-order valence-electron chi connectivity index (χ0n) is 13.9. The Morgan fingerprint density at radius 2 is 1.92 bits per heavy atom. The van der Waals surface area contributed by atoms with E-state index in [2.05, 4.69) is 5.32 Å². The molecule has 7 nitrogen and oxygen atoms in total. The third kappa shape index (κ3) is 8.57. The van der Waals surface area contributed by atoms with E-state index in [1.807, 2.05) is 0 Å². The zero-order chi connectivity index (χ0) is 18.5.